The number of benzene rings is 1. The Kier molecular flexibility index (Phi) is 4.91. The van der Waals surface area contributed by atoms with Crippen molar-refractivity contribution >= 4 is 23.2 Å². The van der Waals surface area contributed by atoms with Gasteiger partial charge in [0.1, 0.15) is 12.3 Å². The summed E-state index contributed by atoms with van der Waals surface area (Å²) >= 11 is 0. The highest BCUT2D eigenvalue weighted by molar-refractivity contribution is 6.42. The Bertz CT molecular complexity index is 888. The third kappa shape index (κ3) is 3.53. The van der Waals surface area contributed by atoms with Crippen molar-refractivity contribution in [2.75, 3.05) is 19.6 Å². The summed E-state index contributed by atoms with van der Waals surface area (Å²) < 4.78 is 40.4. The van der Waals surface area contributed by atoms with Gasteiger partial charge in [0, 0.05) is 25.0 Å². The zero-order chi connectivity index (χ0) is 20.9. The van der Waals surface area contributed by atoms with Crippen molar-refractivity contribution in [3.05, 3.63) is 28.8 Å². The number of aliphatic imine (C=N–C) groups is 1. The van der Waals surface area contributed by atoms with Gasteiger partial charge in [-0.3, -0.25) is 9.59 Å². The lowest BCUT2D eigenvalue weighted by Crippen LogP contribution is -2.56. The second-order valence-electron chi connectivity index (χ2n) is 8.22. The Morgan fingerprint density at radius 3 is 2.48 bits per heavy atom. The van der Waals surface area contributed by atoms with Crippen LogP contribution in [-0.2, 0) is 15.8 Å². The molecule has 0 aromatic heterocycles. The Morgan fingerprint density at radius 2 is 1.86 bits per heavy atom. The van der Waals surface area contributed by atoms with Crippen LogP contribution in [0.2, 0.25) is 0 Å². The predicted molar refractivity (Wildman–Crippen MR) is 102 cm³/mol. The quantitative estimate of drug-likeness (QED) is 0.749. The summed E-state index contributed by atoms with van der Waals surface area (Å²) in [6.45, 7) is 4.11. The van der Waals surface area contributed by atoms with E-state index in [0.29, 0.717) is 24.2 Å². The number of fused-ring (bicyclic) bond motifs is 1. The predicted octanol–water partition coefficient (Wildman–Crippen LogP) is 3.82. The molecule has 8 heteroatoms. The van der Waals surface area contributed by atoms with E-state index in [1.54, 1.807) is 19.9 Å². The summed E-state index contributed by atoms with van der Waals surface area (Å²) in [6.07, 6.45) is -0.313. The highest BCUT2D eigenvalue weighted by Gasteiger charge is 2.41. The molecule has 4 rings (SSSR count). The highest BCUT2D eigenvalue weighted by Crippen LogP contribution is 2.45. The normalized spacial score (nSPS) is 22.9. The van der Waals surface area contributed by atoms with Crippen LogP contribution in [-0.4, -0.2) is 53.0 Å². The molecular weight excluding hydrogens is 383 g/mol. The topological polar surface area (TPSA) is 53.0 Å². The maximum Gasteiger partial charge on any atom is 0.418 e. The molecule has 156 valence electrons. The largest absolute Gasteiger partial charge is 0.418 e. The van der Waals surface area contributed by atoms with E-state index in [0.717, 1.165) is 31.7 Å². The molecule has 5 nitrogen and oxygen atoms in total. The van der Waals surface area contributed by atoms with E-state index in [1.165, 1.54) is 4.90 Å². The molecule has 2 heterocycles. The number of aryl methyl sites for hydroxylation is 1. The first-order valence-corrected chi connectivity index (χ1v) is 10.1. The first kappa shape index (κ1) is 19.9. The van der Waals surface area contributed by atoms with E-state index in [-0.39, 0.29) is 29.9 Å². The smallest absolute Gasteiger partial charge is 0.336 e. The van der Waals surface area contributed by atoms with Gasteiger partial charge in [0.15, 0.2) is 0 Å². The summed E-state index contributed by atoms with van der Waals surface area (Å²) in [5.41, 5.74) is -0.0128. The SMILES string of the molecule is Cc1cc2c(c(C(F)(F)F)c1)N=C(C(=O)N1CCN(C3CCCC3)C(=O)C1)C2C. The summed E-state index contributed by atoms with van der Waals surface area (Å²) in [7, 11) is 0. The second kappa shape index (κ2) is 7.15. The van der Waals surface area contributed by atoms with Gasteiger partial charge in [-0.25, -0.2) is 4.99 Å². The van der Waals surface area contributed by atoms with Crippen LogP contribution in [0.25, 0.3) is 0 Å². The summed E-state index contributed by atoms with van der Waals surface area (Å²) in [4.78, 5) is 33.0. The van der Waals surface area contributed by atoms with Crippen LogP contribution in [0.5, 0.6) is 0 Å². The number of carbonyl (C=O) groups excluding carboxylic acids is 2. The van der Waals surface area contributed by atoms with Gasteiger partial charge in [0.25, 0.3) is 5.91 Å². The Morgan fingerprint density at radius 1 is 1.17 bits per heavy atom. The van der Waals surface area contributed by atoms with E-state index in [1.807, 2.05) is 4.90 Å². The Hall–Kier alpha value is -2.38. The molecule has 1 aromatic carbocycles. The lowest BCUT2D eigenvalue weighted by Gasteiger charge is -2.38. The number of carbonyl (C=O) groups is 2. The van der Waals surface area contributed by atoms with Gasteiger partial charge in [-0.05, 0) is 31.4 Å². The lowest BCUT2D eigenvalue weighted by molar-refractivity contribution is -0.144. The minimum atomic E-state index is -4.54. The van der Waals surface area contributed by atoms with Crippen LogP contribution in [0.15, 0.2) is 17.1 Å². The molecule has 0 radical (unpaired) electrons. The number of hydrogen-bond acceptors (Lipinski definition) is 3. The number of amides is 2. The minimum Gasteiger partial charge on any atom is -0.336 e. The molecule has 2 aliphatic heterocycles. The van der Waals surface area contributed by atoms with E-state index >= 15 is 0 Å². The molecule has 3 aliphatic rings. The summed E-state index contributed by atoms with van der Waals surface area (Å²) in [6, 6.07) is 2.97. The summed E-state index contributed by atoms with van der Waals surface area (Å²) in [5.74, 6) is -1.08. The van der Waals surface area contributed by atoms with Crippen molar-refractivity contribution in [3.63, 3.8) is 0 Å². The van der Waals surface area contributed by atoms with Crippen molar-refractivity contribution in [2.24, 2.45) is 4.99 Å². The molecule has 0 spiro atoms. The van der Waals surface area contributed by atoms with Gasteiger partial charge < -0.3 is 9.80 Å². The van der Waals surface area contributed by atoms with Crippen LogP contribution in [0, 0.1) is 6.92 Å². The van der Waals surface area contributed by atoms with Crippen LogP contribution < -0.4 is 0 Å². The average Bonchev–Trinajstić information content (AvgIpc) is 3.29. The highest BCUT2D eigenvalue weighted by atomic mass is 19.4. The first-order valence-electron chi connectivity index (χ1n) is 10.1. The molecule has 1 aliphatic carbocycles. The van der Waals surface area contributed by atoms with E-state index in [2.05, 4.69) is 4.99 Å². The van der Waals surface area contributed by atoms with E-state index in [4.69, 9.17) is 0 Å². The molecule has 1 saturated carbocycles. The molecule has 0 N–H and O–H groups in total. The number of piperazine rings is 1. The number of rotatable bonds is 2. The maximum absolute atomic E-state index is 13.5. The fourth-order valence-electron chi connectivity index (χ4n) is 4.70. The standard InChI is InChI=1S/C21H24F3N3O2/c1-12-9-15-13(2)18(25-19(15)16(10-12)21(22,23)24)20(29)26-7-8-27(17(28)11-26)14-5-3-4-6-14/h9-10,13-14H,3-8,11H2,1-2H3. The summed E-state index contributed by atoms with van der Waals surface area (Å²) in [5, 5.41) is 0. The van der Waals surface area contributed by atoms with E-state index in [9.17, 15) is 22.8 Å². The van der Waals surface area contributed by atoms with Crippen LogP contribution in [0.4, 0.5) is 18.9 Å². The van der Waals surface area contributed by atoms with Crippen molar-refractivity contribution in [2.45, 2.75) is 57.7 Å². The maximum atomic E-state index is 13.5. The monoisotopic (exact) mass is 407 g/mol. The van der Waals surface area contributed by atoms with E-state index < -0.39 is 23.6 Å². The molecular formula is C21H24F3N3O2. The van der Waals surface area contributed by atoms with Crippen molar-refractivity contribution in [3.8, 4) is 0 Å². The van der Waals surface area contributed by atoms with Crippen molar-refractivity contribution in [1.29, 1.82) is 0 Å². The van der Waals surface area contributed by atoms with Crippen molar-refractivity contribution in [1.82, 2.24) is 9.80 Å². The fraction of sp³-hybridized carbons (Fsp3) is 0.571. The van der Waals surface area contributed by atoms with Crippen molar-refractivity contribution < 1.29 is 22.8 Å². The van der Waals surface area contributed by atoms with Gasteiger partial charge in [-0.15, -0.1) is 0 Å². The molecule has 1 atom stereocenters. The van der Waals surface area contributed by atoms with Gasteiger partial charge in [0.2, 0.25) is 5.91 Å². The van der Waals surface area contributed by atoms with Gasteiger partial charge >= 0.3 is 6.18 Å². The molecule has 0 bridgehead atoms. The van der Waals surface area contributed by atoms with Gasteiger partial charge in [-0.1, -0.05) is 31.4 Å². The van der Waals surface area contributed by atoms with Crippen LogP contribution >= 0.6 is 0 Å². The fourth-order valence-corrected chi connectivity index (χ4v) is 4.70. The molecule has 1 unspecified atom stereocenters. The average molecular weight is 407 g/mol. The lowest BCUT2D eigenvalue weighted by atomic mass is 9.93. The number of halogens is 3. The molecule has 1 aromatic rings. The third-order valence-corrected chi connectivity index (χ3v) is 6.23. The molecule has 1 saturated heterocycles. The number of hydrogen-bond donors (Lipinski definition) is 0. The molecule has 2 fully saturated rings. The van der Waals surface area contributed by atoms with Crippen LogP contribution in [0.1, 0.15) is 55.2 Å². The molecule has 29 heavy (non-hydrogen) atoms. The Balaban J connectivity index is 1.56. The second-order valence-corrected chi connectivity index (χ2v) is 8.22. The number of alkyl halides is 3. The first-order chi connectivity index (χ1) is 13.7. The van der Waals surface area contributed by atoms with Gasteiger partial charge in [0.05, 0.1) is 11.3 Å². The third-order valence-electron chi connectivity index (χ3n) is 6.23. The van der Waals surface area contributed by atoms with Crippen LogP contribution in [0.3, 0.4) is 0 Å². The Labute approximate surface area is 167 Å². The van der Waals surface area contributed by atoms with Gasteiger partial charge in [-0.2, -0.15) is 13.2 Å². The minimum absolute atomic E-state index is 0.0391. The number of nitrogens with zero attached hydrogens (tertiary/aromatic N) is 3. The zero-order valence-corrected chi connectivity index (χ0v) is 16.6. The molecule has 2 amide bonds. The zero-order valence-electron chi connectivity index (χ0n) is 16.6.